The van der Waals surface area contributed by atoms with Crippen LogP contribution < -0.4 is 30.7 Å². The summed E-state index contributed by atoms with van der Waals surface area (Å²) in [5, 5.41) is 25.4. The van der Waals surface area contributed by atoms with E-state index in [1.807, 2.05) is 0 Å². The van der Waals surface area contributed by atoms with Gasteiger partial charge in [-0.1, -0.05) is 19.3 Å². The van der Waals surface area contributed by atoms with Crippen molar-refractivity contribution in [1.29, 1.82) is 10.8 Å². The maximum absolute atomic E-state index is 11.3. The summed E-state index contributed by atoms with van der Waals surface area (Å²) >= 11 is 0. The van der Waals surface area contributed by atoms with Crippen molar-refractivity contribution in [2.75, 3.05) is 27.3 Å². The SMILES string of the molecule is CNC(=O)NC(=N)c1ccc(OCCCCCCCOc2ccc(C(=N)NC(=O)NC)cc2)cc1. The van der Waals surface area contributed by atoms with Gasteiger partial charge in [0.2, 0.25) is 0 Å². The molecule has 188 valence electrons. The number of urea groups is 2. The van der Waals surface area contributed by atoms with Crippen molar-refractivity contribution in [1.82, 2.24) is 21.3 Å². The number of hydrogen-bond acceptors (Lipinski definition) is 6. The van der Waals surface area contributed by atoms with Crippen LogP contribution in [0.15, 0.2) is 48.5 Å². The molecule has 0 radical (unpaired) electrons. The van der Waals surface area contributed by atoms with E-state index >= 15 is 0 Å². The molecule has 2 aromatic rings. The summed E-state index contributed by atoms with van der Waals surface area (Å²) < 4.78 is 11.5. The number of ether oxygens (including phenoxy) is 2. The normalized spacial score (nSPS) is 10.1. The van der Waals surface area contributed by atoms with Gasteiger partial charge in [-0.2, -0.15) is 0 Å². The molecule has 0 saturated carbocycles. The highest BCUT2D eigenvalue weighted by Gasteiger charge is 2.06. The number of nitrogens with one attached hydrogen (secondary N) is 6. The molecular weight excluding hydrogens is 448 g/mol. The molecule has 10 nitrogen and oxygen atoms in total. The first-order valence-corrected chi connectivity index (χ1v) is 11.5. The molecule has 0 spiro atoms. The molecule has 4 amide bonds. The smallest absolute Gasteiger partial charge is 0.320 e. The van der Waals surface area contributed by atoms with Crippen LogP contribution in [0.3, 0.4) is 0 Å². The summed E-state index contributed by atoms with van der Waals surface area (Å²) in [5.41, 5.74) is 1.22. The molecule has 0 heterocycles. The Hall–Kier alpha value is -4.08. The molecule has 0 aliphatic carbocycles. The molecular formula is C25H34N6O4. The van der Waals surface area contributed by atoms with Crippen molar-refractivity contribution >= 4 is 23.7 Å². The second-order valence-corrected chi connectivity index (χ2v) is 7.67. The fourth-order valence-electron chi connectivity index (χ4n) is 3.05. The van der Waals surface area contributed by atoms with Gasteiger partial charge in [-0.3, -0.25) is 21.5 Å². The first-order chi connectivity index (χ1) is 16.9. The summed E-state index contributed by atoms with van der Waals surface area (Å²) in [6.07, 6.45) is 5.12. The van der Waals surface area contributed by atoms with Gasteiger partial charge < -0.3 is 20.1 Å². The Kier molecular flexibility index (Phi) is 11.6. The van der Waals surface area contributed by atoms with Crippen molar-refractivity contribution in [2.24, 2.45) is 0 Å². The van der Waals surface area contributed by atoms with Crippen molar-refractivity contribution in [2.45, 2.75) is 32.1 Å². The van der Waals surface area contributed by atoms with Gasteiger partial charge in [-0.15, -0.1) is 0 Å². The summed E-state index contributed by atoms with van der Waals surface area (Å²) in [5.74, 6) is 1.54. The zero-order valence-corrected chi connectivity index (χ0v) is 20.2. The van der Waals surface area contributed by atoms with E-state index in [9.17, 15) is 9.59 Å². The number of amidine groups is 2. The molecule has 0 aromatic heterocycles. The quantitative estimate of drug-likeness (QED) is 0.156. The van der Waals surface area contributed by atoms with Crippen LogP contribution in [0.25, 0.3) is 0 Å². The maximum atomic E-state index is 11.3. The average Bonchev–Trinajstić information content (AvgIpc) is 2.88. The number of rotatable bonds is 12. The average molecular weight is 483 g/mol. The second-order valence-electron chi connectivity index (χ2n) is 7.67. The highest BCUT2D eigenvalue weighted by Crippen LogP contribution is 2.15. The lowest BCUT2D eigenvalue weighted by Crippen LogP contribution is -2.37. The van der Waals surface area contributed by atoms with E-state index < -0.39 is 12.1 Å². The molecule has 0 unspecified atom stereocenters. The third-order valence-electron chi connectivity index (χ3n) is 5.04. The molecule has 10 heteroatoms. The number of hydrogen-bond donors (Lipinski definition) is 6. The van der Waals surface area contributed by atoms with Gasteiger partial charge in [0.1, 0.15) is 23.2 Å². The van der Waals surface area contributed by atoms with Crippen LogP contribution in [0, 0.1) is 10.8 Å². The van der Waals surface area contributed by atoms with Gasteiger partial charge in [0.25, 0.3) is 0 Å². The van der Waals surface area contributed by atoms with Gasteiger partial charge in [-0.05, 0) is 61.4 Å². The number of amides is 4. The van der Waals surface area contributed by atoms with Crippen LogP contribution in [-0.4, -0.2) is 51.0 Å². The summed E-state index contributed by atoms with van der Waals surface area (Å²) in [6, 6.07) is 13.3. The van der Waals surface area contributed by atoms with Crippen molar-refractivity contribution in [3.8, 4) is 11.5 Å². The number of benzene rings is 2. The zero-order valence-electron chi connectivity index (χ0n) is 20.2. The Bertz CT molecular complexity index is 897. The predicted octanol–water partition coefficient (Wildman–Crippen LogP) is 3.60. The second kappa shape index (κ2) is 14.9. The third kappa shape index (κ3) is 10.2. The largest absolute Gasteiger partial charge is 0.494 e. The molecule has 0 aliphatic heterocycles. The lowest BCUT2D eigenvalue weighted by atomic mass is 10.1. The lowest BCUT2D eigenvalue weighted by molar-refractivity contribution is 0.246. The molecule has 0 atom stereocenters. The zero-order chi connectivity index (χ0) is 25.5. The molecule has 2 aromatic carbocycles. The van der Waals surface area contributed by atoms with Crippen LogP contribution in [-0.2, 0) is 0 Å². The Morgan fingerprint density at radius 2 is 0.971 bits per heavy atom. The van der Waals surface area contributed by atoms with Gasteiger partial charge in [0.05, 0.1) is 13.2 Å². The standard InChI is InChI=1S/C25H34N6O4/c1-28-24(32)30-22(26)18-8-12-20(13-9-18)34-16-6-4-3-5-7-17-35-21-14-10-19(11-15-21)23(27)31-25(33)29-2/h8-15H,3-7,16-17H2,1-2H3,(H3,26,28,30,32)(H3,27,29,31,33). The van der Waals surface area contributed by atoms with Crippen molar-refractivity contribution in [3.63, 3.8) is 0 Å². The van der Waals surface area contributed by atoms with Crippen LogP contribution in [0.5, 0.6) is 11.5 Å². The van der Waals surface area contributed by atoms with E-state index in [4.69, 9.17) is 20.3 Å². The Morgan fingerprint density at radius 3 is 1.31 bits per heavy atom. The predicted molar refractivity (Wildman–Crippen MR) is 136 cm³/mol. The van der Waals surface area contributed by atoms with E-state index in [1.165, 1.54) is 14.1 Å². The fraction of sp³-hybridized carbons (Fsp3) is 0.360. The molecule has 0 fully saturated rings. The monoisotopic (exact) mass is 482 g/mol. The number of unbranched alkanes of at least 4 members (excludes halogenated alkanes) is 4. The Labute approximate surface area is 205 Å². The third-order valence-corrected chi connectivity index (χ3v) is 5.04. The summed E-state index contributed by atoms with van der Waals surface area (Å²) in [7, 11) is 3.00. The van der Waals surface area contributed by atoms with Gasteiger partial charge in [0, 0.05) is 25.2 Å². The minimum atomic E-state index is -0.425. The summed E-state index contributed by atoms with van der Waals surface area (Å²) in [4.78, 5) is 22.5. The first-order valence-electron chi connectivity index (χ1n) is 11.5. The van der Waals surface area contributed by atoms with E-state index in [2.05, 4.69) is 21.3 Å². The minimum absolute atomic E-state index is 0.0348. The van der Waals surface area contributed by atoms with Crippen LogP contribution in [0.1, 0.15) is 43.2 Å². The van der Waals surface area contributed by atoms with Crippen molar-refractivity contribution in [3.05, 3.63) is 59.7 Å². The van der Waals surface area contributed by atoms with Crippen LogP contribution in [0.2, 0.25) is 0 Å². The molecule has 0 bridgehead atoms. The topological polar surface area (TPSA) is 148 Å². The highest BCUT2D eigenvalue weighted by molar-refractivity contribution is 6.06. The van der Waals surface area contributed by atoms with E-state index in [1.54, 1.807) is 48.5 Å². The number of carbonyl (C=O) groups is 2. The van der Waals surface area contributed by atoms with Gasteiger partial charge in [-0.25, -0.2) is 9.59 Å². The molecule has 2 rings (SSSR count). The van der Waals surface area contributed by atoms with Gasteiger partial charge in [0.15, 0.2) is 0 Å². The highest BCUT2D eigenvalue weighted by atomic mass is 16.5. The van der Waals surface area contributed by atoms with E-state index in [-0.39, 0.29) is 11.7 Å². The Balaban J connectivity index is 1.53. The molecule has 6 N–H and O–H groups in total. The maximum Gasteiger partial charge on any atom is 0.320 e. The lowest BCUT2D eigenvalue weighted by Gasteiger charge is -2.09. The van der Waals surface area contributed by atoms with E-state index in [0.29, 0.717) is 24.3 Å². The van der Waals surface area contributed by atoms with Crippen molar-refractivity contribution < 1.29 is 19.1 Å². The van der Waals surface area contributed by atoms with Crippen LogP contribution >= 0.6 is 0 Å². The van der Waals surface area contributed by atoms with Gasteiger partial charge >= 0.3 is 12.1 Å². The minimum Gasteiger partial charge on any atom is -0.494 e. The molecule has 0 saturated heterocycles. The fourth-order valence-corrected chi connectivity index (χ4v) is 3.05. The molecule has 35 heavy (non-hydrogen) atoms. The molecule has 0 aliphatic rings. The number of carbonyl (C=O) groups excluding carboxylic acids is 2. The van der Waals surface area contributed by atoms with Crippen LogP contribution in [0.4, 0.5) is 9.59 Å². The summed E-state index contributed by atoms with van der Waals surface area (Å²) in [6.45, 7) is 1.25. The Morgan fingerprint density at radius 1 is 0.629 bits per heavy atom. The first kappa shape index (κ1) is 27.2. The van der Waals surface area contributed by atoms with E-state index in [0.717, 1.165) is 43.6 Å².